The van der Waals surface area contributed by atoms with E-state index < -0.39 is 6.36 Å². The van der Waals surface area contributed by atoms with Crippen molar-refractivity contribution in [2.24, 2.45) is 0 Å². The molecule has 1 aromatic rings. The fourth-order valence-corrected chi connectivity index (χ4v) is 1.29. The number of nitrogens with one attached hydrogen (secondary N) is 1. The van der Waals surface area contributed by atoms with Crippen molar-refractivity contribution in [2.45, 2.75) is 19.3 Å². The third kappa shape index (κ3) is 6.13. The number of rotatable bonds is 6. The summed E-state index contributed by atoms with van der Waals surface area (Å²) in [6, 6.07) is 5.80. The molecule has 1 rings (SSSR count). The zero-order valence-electron chi connectivity index (χ0n) is 9.13. The Labute approximate surface area is 97.2 Å². The number of aliphatic hydroxyl groups is 1. The molecule has 1 aromatic carbocycles. The molecule has 0 saturated heterocycles. The van der Waals surface area contributed by atoms with Gasteiger partial charge in [-0.15, -0.1) is 13.2 Å². The van der Waals surface area contributed by atoms with Gasteiger partial charge in [-0.3, -0.25) is 0 Å². The van der Waals surface area contributed by atoms with E-state index in [0.717, 1.165) is 0 Å². The van der Waals surface area contributed by atoms with Gasteiger partial charge in [-0.1, -0.05) is 12.1 Å². The van der Waals surface area contributed by atoms with Crippen LogP contribution in [0.3, 0.4) is 0 Å². The Bertz CT molecular complexity index is 342. The minimum Gasteiger partial charge on any atom is -0.406 e. The predicted octanol–water partition coefficient (Wildman–Crippen LogP) is 2.06. The van der Waals surface area contributed by atoms with Crippen molar-refractivity contribution in [3.63, 3.8) is 0 Å². The van der Waals surface area contributed by atoms with Gasteiger partial charge in [-0.05, 0) is 30.7 Å². The highest BCUT2D eigenvalue weighted by atomic mass is 19.4. The molecule has 0 atom stereocenters. The van der Waals surface area contributed by atoms with Crippen LogP contribution in [0, 0.1) is 0 Å². The predicted molar refractivity (Wildman–Crippen MR) is 56.5 cm³/mol. The summed E-state index contributed by atoms with van der Waals surface area (Å²) < 4.78 is 39.7. The second-order valence-corrected chi connectivity index (χ2v) is 3.45. The van der Waals surface area contributed by atoms with Crippen LogP contribution in [0.4, 0.5) is 13.2 Å². The Morgan fingerprint density at radius 1 is 1.29 bits per heavy atom. The van der Waals surface area contributed by atoms with E-state index in [1.165, 1.54) is 18.2 Å². The van der Waals surface area contributed by atoms with Crippen LogP contribution >= 0.6 is 0 Å². The van der Waals surface area contributed by atoms with Crippen molar-refractivity contribution >= 4 is 0 Å². The average molecular weight is 249 g/mol. The summed E-state index contributed by atoms with van der Waals surface area (Å²) in [6.45, 7) is 1.14. The van der Waals surface area contributed by atoms with E-state index >= 15 is 0 Å². The van der Waals surface area contributed by atoms with Gasteiger partial charge in [0, 0.05) is 13.2 Å². The molecular formula is C11H14F3NO2. The van der Waals surface area contributed by atoms with Crippen molar-refractivity contribution in [1.82, 2.24) is 5.32 Å². The van der Waals surface area contributed by atoms with Crippen LogP contribution < -0.4 is 10.1 Å². The van der Waals surface area contributed by atoms with Gasteiger partial charge in [0.05, 0.1) is 0 Å². The number of hydrogen-bond donors (Lipinski definition) is 2. The van der Waals surface area contributed by atoms with Crippen LogP contribution in [-0.4, -0.2) is 24.6 Å². The molecule has 0 aliphatic heterocycles. The monoisotopic (exact) mass is 249 g/mol. The summed E-state index contributed by atoms with van der Waals surface area (Å²) in [4.78, 5) is 0. The highest BCUT2D eigenvalue weighted by molar-refractivity contribution is 5.28. The molecule has 0 fully saturated rings. The average Bonchev–Trinajstić information content (AvgIpc) is 2.23. The van der Waals surface area contributed by atoms with E-state index in [4.69, 9.17) is 5.11 Å². The Hall–Kier alpha value is -1.27. The van der Waals surface area contributed by atoms with E-state index in [-0.39, 0.29) is 12.4 Å². The van der Waals surface area contributed by atoms with Crippen LogP contribution in [0.1, 0.15) is 12.0 Å². The summed E-state index contributed by atoms with van der Waals surface area (Å²) in [5.74, 6) is -0.223. The van der Waals surface area contributed by atoms with E-state index in [1.54, 1.807) is 6.07 Å². The first-order valence-electron chi connectivity index (χ1n) is 5.17. The smallest absolute Gasteiger partial charge is 0.406 e. The topological polar surface area (TPSA) is 41.5 Å². The molecule has 0 aliphatic carbocycles. The third-order valence-electron chi connectivity index (χ3n) is 1.97. The normalized spacial score (nSPS) is 11.5. The molecule has 0 unspecified atom stereocenters. The molecule has 0 bridgehead atoms. The lowest BCUT2D eigenvalue weighted by molar-refractivity contribution is -0.274. The van der Waals surface area contributed by atoms with Crippen molar-refractivity contribution in [2.75, 3.05) is 13.2 Å². The van der Waals surface area contributed by atoms with Gasteiger partial charge in [0.2, 0.25) is 0 Å². The molecule has 2 N–H and O–H groups in total. The highest BCUT2D eigenvalue weighted by Crippen LogP contribution is 2.23. The van der Waals surface area contributed by atoms with Crippen molar-refractivity contribution in [3.05, 3.63) is 29.8 Å². The zero-order chi connectivity index (χ0) is 12.7. The Morgan fingerprint density at radius 2 is 2.06 bits per heavy atom. The van der Waals surface area contributed by atoms with E-state index in [2.05, 4.69) is 10.1 Å². The quantitative estimate of drug-likeness (QED) is 0.758. The Kier molecular flexibility index (Phi) is 5.24. The van der Waals surface area contributed by atoms with Crippen LogP contribution in [-0.2, 0) is 6.54 Å². The van der Waals surface area contributed by atoms with Crippen LogP contribution in [0.2, 0.25) is 0 Å². The lowest BCUT2D eigenvalue weighted by Gasteiger charge is -2.10. The van der Waals surface area contributed by atoms with Crippen LogP contribution in [0.25, 0.3) is 0 Å². The summed E-state index contributed by atoms with van der Waals surface area (Å²) in [5.41, 5.74) is 0.699. The summed E-state index contributed by atoms with van der Waals surface area (Å²) in [6.07, 6.45) is -4.05. The Balaban J connectivity index is 2.48. The fraction of sp³-hybridized carbons (Fsp3) is 0.455. The van der Waals surface area contributed by atoms with Crippen molar-refractivity contribution in [1.29, 1.82) is 0 Å². The van der Waals surface area contributed by atoms with Gasteiger partial charge >= 0.3 is 6.36 Å². The number of hydrogen-bond acceptors (Lipinski definition) is 3. The molecular weight excluding hydrogens is 235 g/mol. The van der Waals surface area contributed by atoms with Gasteiger partial charge in [0.1, 0.15) is 5.75 Å². The number of alkyl halides is 3. The van der Waals surface area contributed by atoms with E-state index in [9.17, 15) is 13.2 Å². The molecule has 0 aromatic heterocycles. The SMILES string of the molecule is OCCCNCc1cccc(OC(F)(F)F)c1. The second kappa shape index (κ2) is 6.46. The minimum absolute atomic E-state index is 0.0875. The van der Waals surface area contributed by atoms with Crippen LogP contribution in [0.15, 0.2) is 24.3 Å². The maximum atomic E-state index is 12.0. The summed E-state index contributed by atoms with van der Waals surface area (Å²) in [7, 11) is 0. The van der Waals surface area contributed by atoms with Crippen molar-refractivity contribution < 1.29 is 23.0 Å². The molecule has 17 heavy (non-hydrogen) atoms. The molecule has 3 nitrogen and oxygen atoms in total. The largest absolute Gasteiger partial charge is 0.573 e. The van der Waals surface area contributed by atoms with Crippen LogP contribution in [0.5, 0.6) is 5.75 Å². The first-order chi connectivity index (χ1) is 8.01. The molecule has 6 heteroatoms. The summed E-state index contributed by atoms with van der Waals surface area (Å²) >= 11 is 0. The molecule has 0 aliphatic rings. The van der Waals surface area contributed by atoms with Gasteiger partial charge in [0.25, 0.3) is 0 Å². The highest BCUT2D eigenvalue weighted by Gasteiger charge is 2.30. The molecule has 0 saturated carbocycles. The first kappa shape index (κ1) is 13.8. The fourth-order valence-electron chi connectivity index (χ4n) is 1.29. The van der Waals surface area contributed by atoms with Gasteiger partial charge in [-0.25, -0.2) is 0 Å². The maximum absolute atomic E-state index is 12.0. The number of benzene rings is 1. The first-order valence-corrected chi connectivity index (χ1v) is 5.17. The summed E-state index contributed by atoms with van der Waals surface area (Å²) in [5, 5.41) is 11.5. The van der Waals surface area contributed by atoms with Gasteiger partial charge in [-0.2, -0.15) is 0 Å². The van der Waals surface area contributed by atoms with E-state index in [0.29, 0.717) is 25.1 Å². The lowest BCUT2D eigenvalue weighted by atomic mass is 10.2. The number of ether oxygens (including phenoxy) is 1. The number of aliphatic hydroxyl groups excluding tert-OH is 1. The molecule has 0 spiro atoms. The Morgan fingerprint density at radius 3 is 2.71 bits per heavy atom. The molecule has 0 heterocycles. The second-order valence-electron chi connectivity index (χ2n) is 3.45. The van der Waals surface area contributed by atoms with Crippen molar-refractivity contribution in [3.8, 4) is 5.75 Å². The van der Waals surface area contributed by atoms with E-state index in [1.807, 2.05) is 0 Å². The number of halogens is 3. The molecule has 96 valence electrons. The standard InChI is InChI=1S/C11H14F3NO2/c12-11(13,14)17-10-4-1-3-9(7-10)8-15-5-2-6-16/h1,3-4,7,15-16H,2,5-6,8H2. The van der Waals surface area contributed by atoms with Gasteiger partial charge < -0.3 is 15.2 Å². The zero-order valence-corrected chi connectivity index (χ0v) is 9.13. The third-order valence-corrected chi connectivity index (χ3v) is 1.97. The maximum Gasteiger partial charge on any atom is 0.573 e. The minimum atomic E-state index is -4.66. The lowest BCUT2D eigenvalue weighted by Crippen LogP contribution is -2.18. The molecule has 0 radical (unpaired) electrons. The van der Waals surface area contributed by atoms with Gasteiger partial charge in [0.15, 0.2) is 0 Å². The molecule has 0 amide bonds.